The topological polar surface area (TPSA) is 86.7 Å². The fourth-order valence-electron chi connectivity index (χ4n) is 3.18. The van der Waals surface area contributed by atoms with Crippen molar-refractivity contribution in [2.75, 3.05) is 19.6 Å². The lowest BCUT2D eigenvalue weighted by molar-refractivity contribution is -0.135. The van der Waals surface area contributed by atoms with Crippen LogP contribution in [0, 0.1) is 11.8 Å². The highest BCUT2D eigenvalue weighted by Crippen LogP contribution is 2.28. The van der Waals surface area contributed by atoms with Crippen molar-refractivity contribution in [3.63, 3.8) is 0 Å². The molecular formula is C19H24N2O4. The van der Waals surface area contributed by atoms with E-state index in [1.165, 1.54) is 25.0 Å². The average molecular weight is 344 g/mol. The molecule has 25 heavy (non-hydrogen) atoms. The van der Waals surface area contributed by atoms with Crippen LogP contribution in [0.2, 0.25) is 0 Å². The number of carboxylic acid groups (broad SMARTS) is 1. The molecular weight excluding hydrogens is 320 g/mol. The molecule has 1 unspecified atom stereocenters. The molecule has 1 aliphatic heterocycles. The first-order chi connectivity index (χ1) is 12.0. The summed E-state index contributed by atoms with van der Waals surface area (Å²) >= 11 is 0. The Kier molecular flexibility index (Phi) is 5.36. The maximum absolute atomic E-state index is 12.5. The van der Waals surface area contributed by atoms with Crippen molar-refractivity contribution in [1.82, 2.24) is 10.2 Å². The van der Waals surface area contributed by atoms with E-state index in [0.717, 1.165) is 24.9 Å². The summed E-state index contributed by atoms with van der Waals surface area (Å²) in [6.45, 7) is 1.92. The second kappa shape index (κ2) is 7.68. The van der Waals surface area contributed by atoms with Crippen molar-refractivity contribution in [3.8, 4) is 0 Å². The lowest BCUT2D eigenvalue weighted by atomic mass is 9.96. The van der Waals surface area contributed by atoms with Crippen molar-refractivity contribution >= 4 is 17.8 Å². The SMILES string of the molecule is O=C(O)c1ccc(CC(=O)N2CCCC(C(=O)NCC3CC3)C2)cc1. The number of nitrogens with one attached hydrogen (secondary N) is 1. The third-order valence-electron chi connectivity index (χ3n) is 4.96. The van der Waals surface area contributed by atoms with Crippen molar-refractivity contribution in [2.45, 2.75) is 32.1 Å². The number of amides is 2. The van der Waals surface area contributed by atoms with E-state index in [0.29, 0.717) is 19.0 Å². The number of benzene rings is 1. The van der Waals surface area contributed by atoms with Crippen molar-refractivity contribution in [2.24, 2.45) is 11.8 Å². The van der Waals surface area contributed by atoms with E-state index >= 15 is 0 Å². The number of rotatable bonds is 6. The zero-order chi connectivity index (χ0) is 17.8. The lowest BCUT2D eigenvalue weighted by Crippen LogP contribution is -2.46. The molecule has 2 fully saturated rings. The monoisotopic (exact) mass is 344 g/mol. The molecule has 1 aromatic carbocycles. The van der Waals surface area contributed by atoms with E-state index in [1.807, 2.05) is 0 Å². The van der Waals surface area contributed by atoms with E-state index in [9.17, 15) is 14.4 Å². The molecule has 1 aliphatic carbocycles. The Hall–Kier alpha value is -2.37. The van der Waals surface area contributed by atoms with Gasteiger partial charge in [0.1, 0.15) is 0 Å². The Balaban J connectivity index is 1.52. The zero-order valence-electron chi connectivity index (χ0n) is 14.2. The van der Waals surface area contributed by atoms with E-state index in [2.05, 4.69) is 5.32 Å². The van der Waals surface area contributed by atoms with Gasteiger partial charge in [0.05, 0.1) is 17.9 Å². The molecule has 1 heterocycles. The highest BCUT2D eigenvalue weighted by Gasteiger charge is 2.29. The maximum Gasteiger partial charge on any atom is 0.335 e. The molecule has 1 saturated heterocycles. The summed E-state index contributed by atoms with van der Waals surface area (Å²) in [5, 5.41) is 11.9. The minimum absolute atomic E-state index is 0.0113. The number of carbonyl (C=O) groups excluding carboxylic acids is 2. The van der Waals surface area contributed by atoms with Crippen LogP contribution in [0.3, 0.4) is 0 Å². The van der Waals surface area contributed by atoms with Gasteiger partial charge in [-0.05, 0) is 49.3 Å². The van der Waals surface area contributed by atoms with Crippen LogP contribution < -0.4 is 5.32 Å². The van der Waals surface area contributed by atoms with Crippen LogP contribution in [-0.4, -0.2) is 47.4 Å². The molecule has 3 rings (SSSR count). The van der Waals surface area contributed by atoms with Gasteiger partial charge in [0.25, 0.3) is 0 Å². The second-order valence-electron chi connectivity index (χ2n) is 7.05. The molecule has 0 aromatic heterocycles. The van der Waals surface area contributed by atoms with Gasteiger partial charge in [-0.1, -0.05) is 12.1 Å². The van der Waals surface area contributed by atoms with Crippen molar-refractivity contribution < 1.29 is 19.5 Å². The summed E-state index contributed by atoms with van der Waals surface area (Å²) in [4.78, 5) is 37.4. The first-order valence-electron chi connectivity index (χ1n) is 8.90. The highest BCUT2D eigenvalue weighted by molar-refractivity contribution is 5.88. The number of hydrogen-bond donors (Lipinski definition) is 2. The summed E-state index contributed by atoms with van der Waals surface area (Å²) in [5.41, 5.74) is 0.997. The number of aromatic carboxylic acids is 1. The van der Waals surface area contributed by atoms with Gasteiger partial charge < -0.3 is 15.3 Å². The van der Waals surface area contributed by atoms with E-state index < -0.39 is 5.97 Å². The molecule has 1 atom stereocenters. The predicted octanol–water partition coefficient (Wildman–Crippen LogP) is 1.69. The molecule has 0 bridgehead atoms. The standard InChI is InChI=1S/C19H24N2O4/c22-17(10-13-5-7-15(8-6-13)19(24)25)21-9-1-2-16(12-21)18(23)20-11-14-3-4-14/h5-8,14,16H,1-4,9-12H2,(H,20,23)(H,24,25). The third-order valence-corrected chi connectivity index (χ3v) is 4.96. The molecule has 1 aromatic rings. The second-order valence-corrected chi connectivity index (χ2v) is 7.05. The largest absolute Gasteiger partial charge is 0.478 e. The van der Waals surface area contributed by atoms with Gasteiger partial charge >= 0.3 is 5.97 Å². The fourth-order valence-corrected chi connectivity index (χ4v) is 3.18. The molecule has 134 valence electrons. The molecule has 0 spiro atoms. The average Bonchev–Trinajstić information content (AvgIpc) is 3.44. The smallest absolute Gasteiger partial charge is 0.335 e. The van der Waals surface area contributed by atoms with Crippen LogP contribution in [0.4, 0.5) is 0 Å². The van der Waals surface area contributed by atoms with Gasteiger partial charge in [0.2, 0.25) is 11.8 Å². The van der Waals surface area contributed by atoms with Crippen LogP contribution in [0.15, 0.2) is 24.3 Å². The van der Waals surface area contributed by atoms with E-state index in [1.54, 1.807) is 17.0 Å². The zero-order valence-corrected chi connectivity index (χ0v) is 14.2. The predicted molar refractivity (Wildman–Crippen MR) is 92.1 cm³/mol. The van der Waals surface area contributed by atoms with Gasteiger partial charge in [-0.25, -0.2) is 4.79 Å². The van der Waals surface area contributed by atoms with Crippen LogP contribution in [0.5, 0.6) is 0 Å². The van der Waals surface area contributed by atoms with Gasteiger partial charge in [0.15, 0.2) is 0 Å². The number of piperidine rings is 1. The molecule has 6 nitrogen and oxygen atoms in total. The molecule has 0 radical (unpaired) electrons. The normalized spacial score (nSPS) is 20.2. The maximum atomic E-state index is 12.5. The Morgan fingerprint density at radius 1 is 1.12 bits per heavy atom. The molecule has 1 saturated carbocycles. The molecule has 2 amide bonds. The molecule has 2 N–H and O–H groups in total. The number of carbonyl (C=O) groups is 3. The molecule has 6 heteroatoms. The first-order valence-corrected chi connectivity index (χ1v) is 8.90. The number of hydrogen-bond acceptors (Lipinski definition) is 3. The van der Waals surface area contributed by atoms with E-state index in [-0.39, 0.29) is 29.7 Å². The minimum atomic E-state index is -0.978. The third kappa shape index (κ3) is 4.81. The lowest BCUT2D eigenvalue weighted by Gasteiger charge is -2.32. The Morgan fingerprint density at radius 2 is 1.84 bits per heavy atom. The first kappa shape index (κ1) is 17.5. The summed E-state index contributed by atoms with van der Waals surface area (Å²) in [6, 6.07) is 6.36. The Morgan fingerprint density at radius 3 is 2.48 bits per heavy atom. The van der Waals surface area contributed by atoms with E-state index in [4.69, 9.17) is 5.11 Å². The highest BCUT2D eigenvalue weighted by atomic mass is 16.4. The Bertz CT molecular complexity index is 652. The summed E-state index contributed by atoms with van der Waals surface area (Å²) in [6.07, 6.45) is 4.31. The fraction of sp³-hybridized carbons (Fsp3) is 0.526. The minimum Gasteiger partial charge on any atom is -0.478 e. The number of carboxylic acids is 1. The van der Waals surface area contributed by atoms with Crippen molar-refractivity contribution in [1.29, 1.82) is 0 Å². The van der Waals surface area contributed by atoms with Gasteiger partial charge in [-0.2, -0.15) is 0 Å². The van der Waals surface area contributed by atoms with Gasteiger partial charge in [-0.3, -0.25) is 9.59 Å². The quantitative estimate of drug-likeness (QED) is 0.822. The van der Waals surface area contributed by atoms with Crippen molar-refractivity contribution in [3.05, 3.63) is 35.4 Å². The summed E-state index contributed by atoms with van der Waals surface area (Å²) in [5.74, 6) is -0.392. The van der Waals surface area contributed by atoms with Gasteiger partial charge in [-0.15, -0.1) is 0 Å². The number of likely N-dealkylation sites (tertiary alicyclic amines) is 1. The van der Waals surface area contributed by atoms with Crippen LogP contribution in [-0.2, 0) is 16.0 Å². The van der Waals surface area contributed by atoms with Crippen LogP contribution in [0.25, 0.3) is 0 Å². The van der Waals surface area contributed by atoms with Crippen LogP contribution in [0.1, 0.15) is 41.6 Å². The van der Waals surface area contributed by atoms with Gasteiger partial charge in [0, 0.05) is 19.6 Å². The number of nitrogens with zero attached hydrogens (tertiary/aromatic N) is 1. The Labute approximate surface area is 147 Å². The molecule has 2 aliphatic rings. The summed E-state index contributed by atoms with van der Waals surface area (Å²) < 4.78 is 0. The van der Waals surface area contributed by atoms with Crippen LogP contribution >= 0.6 is 0 Å². The summed E-state index contributed by atoms with van der Waals surface area (Å²) in [7, 11) is 0.